The monoisotopic (exact) mass is 434 g/mol. The summed E-state index contributed by atoms with van der Waals surface area (Å²) in [4.78, 5) is 36.3. The van der Waals surface area contributed by atoms with Gasteiger partial charge in [-0.15, -0.1) is 0 Å². The molecule has 160 valence electrons. The van der Waals surface area contributed by atoms with E-state index >= 15 is 4.39 Å². The van der Waals surface area contributed by atoms with Crippen molar-refractivity contribution in [3.8, 4) is 22.5 Å². The number of rotatable bonds is 3. The molecule has 1 N–H and O–H groups in total. The van der Waals surface area contributed by atoms with Crippen LogP contribution in [-0.2, 0) is 4.79 Å². The summed E-state index contributed by atoms with van der Waals surface area (Å²) < 4.78 is 54.6. The highest BCUT2D eigenvalue weighted by molar-refractivity contribution is 5.98. The van der Waals surface area contributed by atoms with Crippen molar-refractivity contribution < 1.29 is 32.0 Å². The third-order valence-electron chi connectivity index (χ3n) is 4.78. The molecule has 1 atom stereocenters. The largest absolute Gasteiger partial charge is 0.493 e. The van der Waals surface area contributed by atoms with Crippen LogP contribution in [0.4, 0.5) is 17.6 Å². The number of pyridine rings is 2. The second-order valence-electron chi connectivity index (χ2n) is 6.87. The topological polar surface area (TPSA) is 86.1 Å². The number of hydrogen-bond donors (Lipinski definition) is 1. The first-order valence-electron chi connectivity index (χ1n) is 9.07. The van der Waals surface area contributed by atoms with Gasteiger partial charge in [-0.3, -0.25) is 14.8 Å². The molecule has 0 fully saturated rings. The second kappa shape index (κ2) is 7.49. The van der Waals surface area contributed by atoms with Crippen molar-refractivity contribution in [2.45, 2.75) is 19.0 Å². The molecule has 1 amide bonds. The molecular weight excluding hydrogens is 420 g/mol. The lowest BCUT2D eigenvalue weighted by Crippen LogP contribution is -2.38. The number of hydrogen-bond acceptors (Lipinski definition) is 5. The Labute approximate surface area is 172 Å². The molecule has 11 heteroatoms. The highest BCUT2D eigenvalue weighted by Crippen LogP contribution is 2.35. The fourth-order valence-electron chi connectivity index (χ4n) is 3.36. The zero-order chi connectivity index (χ0) is 22.3. The fourth-order valence-corrected chi connectivity index (χ4v) is 3.36. The van der Waals surface area contributed by atoms with Gasteiger partial charge in [-0.25, -0.2) is 9.18 Å². The van der Waals surface area contributed by atoms with Gasteiger partial charge >= 0.3 is 12.1 Å². The molecule has 0 aromatic carbocycles. The van der Waals surface area contributed by atoms with E-state index in [1.165, 1.54) is 30.7 Å². The van der Waals surface area contributed by atoms with Crippen LogP contribution in [0.15, 0.2) is 42.9 Å². The zero-order valence-corrected chi connectivity index (χ0v) is 15.9. The number of carbonyl (C=O) groups excluding carboxylic acids is 2. The van der Waals surface area contributed by atoms with Gasteiger partial charge in [-0.1, -0.05) is 6.92 Å². The third kappa shape index (κ3) is 3.62. The van der Waals surface area contributed by atoms with Gasteiger partial charge in [0.15, 0.2) is 5.82 Å². The van der Waals surface area contributed by atoms with E-state index in [2.05, 4.69) is 20.1 Å². The molecule has 1 aliphatic heterocycles. The van der Waals surface area contributed by atoms with Gasteiger partial charge in [0.25, 0.3) is 5.91 Å². The van der Waals surface area contributed by atoms with E-state index in [4.69, 9.17) is 0 Å². The van der Waals surface area contributed by atoms with Crippen LogP contribution >= 0.6 is 0 Å². The number of alkyl halides is 3. The molecule has 0 radical (unpaired) electrons. The standard InChI is InChI=1S/C20H14F4N4O3/c1-10-8-27-18(29)13-7-14(28(17(10)13)31-19(30)20(22,23)24)12-4-6-26-16(15(12)21)11-3-2-5-25-9-11/h2-7,9-10H,8H2,1H3,(H,27,29). The maximum atomic E-state index is 15.4. The predicted molar refractivity (Wildman–Crippen MR) is 99.2 cm³/mol. The number of nitrogens with one attached hydrogen (secondary N) is 1. The highest BCUT2D eigenvalue weighted by atomic mass is 19.4. The van der Waals surface area contributed by atoms with E-state index in [1.54, 1.807) is 19.1 Å². The molecule has 3 aromatic heterocycles. The van der Waals surface area contributed by atoms with Crippen molar-refractivity contribution >= 4 is 11.9 Å². The Kier molecular flexibility index (Phi) is 4.96. The predicted octanol–water partition coefficient (Wildman–Crippen LogP) is 3.12. The normalized spacial score (nSPS) is 15.9. The molecule has 4 rings (SSSR count). The van der Waals surface area contributed by atoms with Crippen molar-refractivity contribution in [3.63, 3.8) is 0 Å². The van der Waals surface area contributed by atoms with Crippen molar-refractivity contribution in [1.82, 2.24) is 20.0 Å². The molecule has 0 bridgehead atoms. The highest BCUT2D eigenvalue weighted by Gasteiger charge is 2.43. The van der Waals surface area contributed by atoms with E-state index in [0.717, 1.165) is 0 Å². The minimum absolute atomic E-state index is 0.0112. The van der Waals surface area contributed by atoms with Gasteiger partial charge in [0.05, 0.1) is 17.0 Å². The first-order chi connectivity index (χ1) is 14.7. The summed E-state index contributed by atoms with van der Waals surface area (Å²) >= 11 is 0. The molecule has 0 saturated heterocycles. The van der Waals surface area contributed by atoms with E-state index in [-0.39, 0.29) is 34.8 Å². The Morgan fingerprint density at radius 3 is 2.71 bits per heavy atom. The first-order valence-corrected chi connectivity index (χ1v) is 9.07. The van der Waals surface area contributed by atoms with E-state index in [1.807, 2.05) is 0 Å². The molecule has 7 nitrogen and oxygen atoms in total. The maximum absolute atomic E-state index is 15.4. The molecular formula is C20H14F4N4O3. The summed E-state index contributed by atoms with van der Waals surface area (Å²) in [6.45, 7) is 1.74. The van der Waals surface area contributed by atoms with E-state index in [9.17, 15) is 22.8 Å². The van der Waals surface area contributed by atoms with E-state index < -0.39 is 29.8 Å². The average Bonchev–Trinajstić information content (AvgIpc) is 3.11. The number of aromatic nitrogens is 3. The Morgan fingerprint density at radius 2 is 2.03 bits per heavy atom. The van der Waals surface area contributed by atoms with Gasteiger partial charge in [-0.2, -0.15) is 17.9 Å². The molecule has 4 heterocycles. The van der Waals surface area contributed by atoms with Crippen LogP contribution < -0.4 is 10.2 Å². The molecule has 0 aliphatic carbocycles. The fraction of sp³-hybridized carbons (Fsp3) is 0.200. The molecule has 31 heavy (non-hydrogen) atoms. The minimum atomic E-state index is -5.29. The SMILES string of the molecule is CC1CNC(=O)c2cc(-c3ccnc(-c4cccnc4)c3F)n(OC(=O)C(F)(F)F)c21. The number of halogens is 4. The van der Waals surface area contributed by atoms with Crippen LogP contribution in [0.2, 0.25) is 0 Å². The van der Waals surface area contributed by atoms with Crippen LogP contribution in [0.5, 0.6) is 0 Å². The lowest BCUT2D eigenvalue weighted by atomic mass is 9.99. The first kappa shape index (κ1) is 20.5. The number of fused-ring (bicyclic) bond motifs is 1. The second-order valence-corrected chi connectivity index (χ2v) is 6.87. The summed E-state index contributed by atoms with van der Waals surface area (Å²) in [6.07, 6.45) is -1.17. The molecule has 1 aliphatic rings. The van der Waals surface area contributed by atoms with Crippen molar-refractivity contribution in [2.75, 3.05) is 6.54 Å². The quantitative estimate of drug-likeness (QED) is 0.641. The molecule has 3 aromatic rings. The zero-order valence-electron chi connectivity index (χ0n) is 15.9. The number of amides is 1. The van der Waals surface area contributed by atoms with Crippen molar-refractivity contribution in [1.29, 1.82) is 0 Å². The van der Waals surface area contributed by atoms with E-state index in [0.29, 0.717) is 10.3 Å². The van der Waals surface area contributed by atoms with Crippen LogP contribution in [0.3, 0.4) is 0 Å². The summed E-state index contributed by atoms with van der Waals surface area (Å²) in [5.74, 6) is -4.43. The van der Waals surface area contributed by atoms with Gasteiger partial charge in [-0.05, 0) is 24.3 Å². The van der Waals surface area contributed by atoms with Crippen LogP contribution in [-0.4, -0.2) is 39.3 Å². The summed E-state index contributed by atoms with van der Waals surface area (Å²) in [5, 5.41) is 2.59. The molecule has 0 spiro atoms. The summed E-state index contributed by atoms with van der Waals surface area (Å²) in [6, 6.07) is 5.54. The Balaban J connectivity index is 1.92. The summed E-state index contributed by atoms with van der Waals surface area (Å²) in [5.41, 5.74) is -0.160. The van der Waals surface area contributed by atoms with Gasteiger partial charge in [0.1, 0.15) is 5.69 Å². The average molecular weight is 434 g/mol. The van der Waals surface area contributed by atoms with Crippen molar-refractivity contribution in [3.05, 3.63) is 59.9 Å². The summed E-state index contributed by atoms with van der Waals surface area (Å²) in [7, 11) is 0. The van der Waals surface area contributed by atoms with Crippen LogP contribution in [0.1, 0.15) is 28.9 Å². The van der Waals surface area contributed by atoms with Gasteiger partial charge < -0.3 is 10.2 Å². The smallest absolute Gasteiger partial charge is 0.351 e. The van der Waals surface area contributed by atoms with Crippen LogP contribution in [0.25, 0.3) is 22.5 Å². The van der Waals surface area contributed by atoms with Crippen molar-refractivity contribution in [2.24, 2.45) is 0 Å². The third-order valence-corrected chi connectivity index (χ3v) is 4.78. The Hall–Kier alpha value is -3.76. The number of nitrogens with zero attached hydrogens (tertiary/aromatic N) is 3. The van der Waals surface area contributed by atoms with Gasteiger partial charge in [0.2, 0.25) is 0 Å². The Bertz CT molecular complexity index is 1180. The lowest BCUT2D eigenvalue weighted by molar-refractivity contribution is -0.200. The van der Waals surface area contributed by atoms with Gasteiger partial charge in [0, 0.05) is 42.2 Å². The van der Waals surface area contributed by atoms with Crippen LogP contribution in [0, 0.1) is 5.82 Å². The molecule has 0 saturated carbocycles. The maximum Gasteiger partial charge on any atom is 0.493 e. The Morgan fingerprint density at radius 1 is 1.26 bits per heavy atom. The molecule has 1 unspecified atom stereocenters. The number of carbonyl (C=O) groups is 2. The lowest BCUT2D eigenvalue weighted by Gasteiger charge is -2.22. The minimum Gasteiger partial charge on any atom is -0.351 e.